The quantitative estimate of drug-likeness (QED) is 0.799. The zero-order chi connectivity index (χ0) is 15.4. The Morgan fingerprint density at radius 3 is 2.81 bits per heavy atom. The molecule has 2 atom stereocenters. The predicted molar refractivity (Wildman–Crippen MR) is 76.9 cm³/mol. The van der Waals surface area contributed by atoms with Crippen LogP contribution in [-0.2, 0) is 4.79 Å². The molecular weight excluding hydrogens is 299 g/mol. The summed E-state index contributed by atoms with van der Waals surface area (Å²) in [7, 11) is 0. The molecule has 2 amide bonds. The van der Waals surface area contributed by atoms with Crippen molar-refractivity contribution in [3.05, 3.63) is 29.0 Å². The predicted octanol–water partition coefficient (Wildman–Crippen LogP) is 3.10. The number of rotatable bonds is 4. The van der Waals surface area contributed by atoms with Gasteiger partial charge in [-0.3, -0.25) is 4.79 Å². The fourth-order valence-corrected chi connectivity index (χ4v) is 2.76. The number of nitrogens with one attached hydrogen (secondary N) is 2. The summed E-state index contributed by atoms with van der Waals surface area (Å²) >= 11 is 5.62. The number of halogens is 2. The fourth-order valence-electron chi connectivity index (χ4n) is 2.58. The van der Waals surface area contributed by atoms with Crippen LogP contribution >= 0.6 is 11.6 Å². The normalized spacial score (nSPS) is 21.0. The highest BCUT2D eigenvalue weighted by molar-refractivity contribution is 6.31. The molecule has 114 valence electrons. The summed E-state index contributed by atoms with van der Waals surface area (Å²) in [6.45, 7) is 0.303. The van der Waals surface area contributed by atoms with Gasteiger partial charge in [-0.2, -0.15) is 0 Å². The second-order valence-corrected chi connectivity index (χ2v) is 5.51. The molecule has 0 aromatic heterocycles. The number of amides is 2. The van der Waals surface area contributed by atoms with Crippen LogP contribution in [0, 0.1) is 17.7 Å². The number of carboxylic acid groups (broad SMARTS) is 1. The van der Waals surface area contributed by atoms with Crippen LogP contribution in [0.4, 0.5) is 14.9 Å². The number of aliphatic carboxylic acids is 1. The molecule has 1 fully saturated rings. The van der Waals surface area contributed by atoms with Crippen molar-refractivity contribution in [3.63, 3.8) is 0 Å². The van der Waals surface area contributed by atoms with Crippen LogP contribution in [0.1, 0.15) is 19.3 Å². The minimum atomic E-state index is -0.815. The second kappa shape index (κ2) is 6.76. The minimum absolute atomic E-state index is 0.0509. The Balaban J connectivity index is 1.84. The van der Waals surface area contributed by atoms with Gasteiger partial charge in [-0.05, 0) is 37.0 Å². The van der Waals surface area contributed by atoms with Crippen molar-refractivity contribution in [2.45, 2.75) is 19.3 Å². The van der Waals surface area contributed by atoms with Crippen LogP contribution in [0.3, 0.4) is 0 Å². The van der Waals surface area contributed by atoms with Crippen molar-refractivity contribution >= 4 is 29.3 Å². The lowest BCUT2D eigenvalue weighted by Crippen LogP contribution is -2.35. The number of hydrogen-bond acceptors (Lipinski definition) is 2. The number of hydrogen-bond donors (Lipinski definition) is 3. The Labute approximate surface area is 126 Å². The summed E-state index contributed by atoms with van der Waals surface area (Å²) in [5, 5.41) is 14.2. The smallest absolute Gasteiger partial charge is 0.319 e. The van der Waals surface area contributed by atoms with E-state index in [1.165, 1.54) is 12.1 Å². The van der Waals surface area contributed by atoms with E-state index >= 15 is 0 Å². The zero-order valence-electron chi connectivity index (χ0n) is 11.2. The van der Waals surface area contributed by atoms with Crippen molar-refractivity contribution in [2.24, 2.45) is 11.8 Å². The third-order valence-corrected chi connectivity index (χ3v) is 3.97. The van der Waals surface area contributed by atoms with Gasteiger partial charge < -0.3 is 15.7 Å². The van der Waals surface area contributed by atoms with E-state index in [1.54, 1.807) is 0 Å². The average Bonchev–Trinajstić information content (AvgIpc) is 2.89. The van der Waals surface area contributed by atoms with Crippen LogP contribution in [0.2, 0.25) is 5.02 Å². The van der Waals surface area contributed by atoms with Gasteiger partial charge in [-0.25, -0.2) is 9.18 Å². The lowest BCUT2D eigenvalue weighted by molar-refractivity contribution is -0.142. The first-order valence-electron chi connectivity index (χ1n) is 6.70. The maximum Gasteiger partial charge on any atom is 0.319 e. The Hall–Kier alpha value is -1.82. The Morgan fingerprint density at radius 1 is 1.38 bits per heavy atom. The van der Waals surface area contributed by atoms with E-state index in [0.717, 1.165) is 18.9 Å². The summed E-state index contributed by atoms with van der Waals surface area (Å²) in [4.78, 5) is 22.8. The molecule has 5 nitrogen and oxygen atoms in total. The van der Waals surface area contributed by atoms with Crippen LogP contribution in [0.25, 0.3) is 0 Å². The summed E-state index contributed by atoms with van der Waals surface area (Å²) in [5.41, 5.74) is 0.375. The molecule has 3 N–H and O–H groups in total. The van der Waals surface area contributed by atoms with E-state index in [0.29, 0.717) is 18.7 Å². The summed E-state index contributed by atoms with van der Waals surface area (Å²) in [5.74, 6) is -1.82. The van der Waals surface area contributed by atoms with Crippen molar-refractivity contribution in [2.75, 3.05) is 11.9 Å². The molecule has 1 aliphatic carbocycles. The summed E-state index contributed by atoms with van der Waals surface area (Å²) in [6, 6.07) is 3.41. The Kier molecular flexibility index (Phi) is 5.01. The summed E-state index contributed by atoms with van der Waals surface area (Å²) in [6.07, 6.45) is 2.30. The molecular formula is C14H16ClFN2O3. The van der Waals surface area contributed by atoms with E-state index in [1.807, 2.05) is 0 Å². The first-order valence-corrected chi connectivity index (χ1v) is 7.08. The standard InChI is InChI=1S/C14H16ClFN2O3/c15-11-6-9(4-5-12(11)16)18-14(21)17-7-8-2-1-3-10(8)13(19)20/h4-6,8,10H,1-3,7H2,(H,19,20)(H2,17,18,21). The van der Waals surface area contributed by atoms with Crippen molar-refractivity contribution in [1.82, 2.24) is 5.32 Å². The van der Waals surface area contributed by atoms with Gasteiger partial charge in [0.2, 0.25) is 0 Å². The van der Waals surface area contributed by atoms with E-state index in [2.05, 4.69) is 10.6 Å². The highest BCUT2D eigenvalue weighted by Crippen LogP contribution is 2.31. The van der Waals surface area contributed by atoms with Gasteiger partial charge in [-0.15, -0.1) is 0 Å². The van der Waals surface area contributed by atoms with Crippen LogP contribution in [0.15, 0.2) is 18.2 Å². The van der Waals surface area contributed by atoms with Gasteiger partial charge in [0, 0.05) is 12.2 Å². The maximum atomic E-state index is 13.0. The lowest BCUT2D eigenvalue weighted by Gasteiger charge is -2.16. The third-order valence-electron chi connectivity index (χ3n) is 3.68. The van der Waals surface area contributed by atoms with Crippen molar-refractivity contribution in [1.29, 1.82) is 0 Å². The summed E-state index contributed by atoms with van der Waals surface area (Å²) < 4.78 is 13.0. The van der Waals surface area contributed by atoms with Gasteiger partial charge in [0.25, 0.3) is 0 Å². The highest BCUT2D eigenvalue weighted by atomic mass is 35.5. The number of carbonyl (C=O) groups is 2. The van der Waals surface area contributed by atoms with E-state index in [9.17, 15) is 14.0 Å². The lowest BCUT2D eigenvalue weighted by atomic mass is 9.96. The topological polar surface area (TPSA) is 78.4 Å². The number of anilines is 1. The Morgan fingerprint density at radius 2 is 2.14 bits per heavy atom. The van der Waals surface area contributed by atoms with Crippen LogP contribution in [-0.4, -0.2) is 23.7 Å². The average molecular weight is 315 g/mol. The molecule has 1 aliphatic rings. The maximum absolute atomic E-state index is 13.0. The van der Waals surface area contributed by atoms with Gasteiger partial charge in [0.15, 0.2) is 0 Å². The van der Waals surface area contributed by atoms with Crippen LogP contribution in [0.5, 0.6) is 0 Å². The number of carbonyl (C=O) groups excluding carboxylic acids is 1. The molecule has 0 bridgehead atoms. The zero-order valence-corrected chi connectivity index (χ0v) is 12.0. The van der Waals surface area contributed by atoms with Gasteiger partial charge in [0.05, 0.1) is 10.9 Å². The number of benzene rings is 1. The van der Waals surface area contributed by atoms with Gasteiger partial charge in [-0.1, -0.05) is 18.0 Å². The SMILES string of the molecule is O=C(NCC1CCCC1C(=O)O)Nc1ccc(F)c(Cl)c1. The number of urea groups is 1. The molecule has 2 rings (SSSR count). The molecule has 0 aliphatic heterocycles. The molecule has 0 radical (unpaired) electrons. The fraction of sp³-hybridized carbons (Fsp3) is 0.429. The van der Waals surface area contributed by atoms with E-state index < -0.39 is 23.7 Å². The Bertz CT molecular complexity index is 553. The monoisotopic (exact) mass is 314 g/mol. The molecule has 2 unspecified atom stereocenters. The highest BCUT2D eigenvalue weighted by Gasteiger charge is 2.32. The van der Waals surface area contributed by atoms with Crippen molar-refractivity contribution < 1.29 is 19.1 Å². The van der Waals surface area contributed by atoms with Gasteiger partial charge in [0.1, 0.15) is 5.82 Å². The minimum Gasteiger partial charge on any atom is -0.481 e. The first kappa shape index (κ1) is 15.6. The molecule has 0 saturated heterocycles. The molecule has 1 aromatic rings. The van der Waals surface area contributed by atoms with Crippen LogP contribution < -0.4 is 10.6 Å². The molecule has 0 heterocycles. The largest absolute Gasteiger partial charge is 0.481 e. The molecule has 7 heteroatoms. The van der Waals surface area contributed by atoms with Gasteiger partial charge >= 0.3 is 12.0 Å². The second-order valence-electron chi connectivity index (χ2n) is 5.10. The van der Waals surface area contributed by atoms with E-state index in [-0.39, 0.29) is 10.9 Å². The van der Waals surface area contributed by atoms with E-state index in [4.69, 9.17) is 16.7 Å². The molecule has 21 heavy (non-hydrogen) atoms. The third kappa shape index (κ3) is 4.07. The molecule has 1 saturated carbocycles. The number of carboxylic acids is 1. The molecule has 0 spiro atoms. The first-order chi connectivity index (χ1) is 9.97. The van der Waals surface area contributed by atoms with Crippen molar-refractivity contribution in [3.8, 4) is 0 Å². The molecule has 1 aromatic carbocycles.